The van der Waals surface area contributed by atoms with E-state index in [0.29, 0.717) is 12.4 Å². The van der Waals surface area contributed by atoms with Gasteiger partial charge in [0, 0.05) is 12.1 Å². The number of hydrogen-bond acceptors (Lipinski definition) is 5. The van der Waals surface area contributed by atoms with Crippen LogP contribution < -0.4 is 10.1 Å². The van der Waals surface area contributed by atoms with Gasteiger partial charge in [-0.15, -0.1) is 10.2 Å². The minimum Gasteiger partial charge on any atom is -0.496 e. The highest BCUT2D eigenvalue weighted by Gasteiger charge is 2.13. The van der Waals surface area contributed by atoms with Gasteiger partial charge >= 0.3 is 0 Å². The normalized spacial score (nSPS) is 12.5. The molecule has 6 nitrogen and oxygen atoms in total. The highest BCUT2D eigenvalue weighted by molar-refractivity contribution is 5.87. The summed E-state index contributed by atoms with van der Waals surface area (Å²) < 4.78 is 5.49. The van der Waals surface area contributed by atoms with Crippen LogP contribution in [0, 0.1) is 0 Å². The lowest BCUT2D eigenvalue weighted by Crippen LogP contribution is -2.20. The number of aromatic nitrogens is 4. The first-order valence-electron chi connectivity index (χ1n) is 6.81. The lowest BCUT2D eigenvalue weighted by atomic mass is 10.0. The molecule has 0 spiro atoms. The lowest BCUT2D eigenvalue weighted by Gasteiger charge is -2.15. The monoisotopic (exact) mass is 283 g/mol. The Bertz CT molecular complexity index is 726. The van der Waals surface area contributed by atoms with Crippen LogP contribution in [-0.2, 0) is 6.54 Å². The van der Waals surface area contributed by atoms with E-state index in [0.717, 1.165) is 11.3 Å². The maximum absolute atomic E-state index is 5.49. The number of rotatable bonds is 5. The van der Waals surface area contributed by atoms with Crippen molar-refractivity contribution in [2.75, 3.05) is 7.11 Å². The van der Waals surface area contributed by atoms with Crippen LogP contribution in [0.5, 0.6) is 5.75 Å². The molecular formula is C15H17N5O. The van der Waals surface area contributed by atoms with Gasteiger partial charge in [0.1, 0.15) is 5.75 Å². The SMILES string of the molecule is COc1ccc2ccccc2c1CNC(C)c1nn[nH]n1. The minimum atomic E-state index is 0.00687. The Kier molecular flexibility index (Phi) is 3.79. The van der Waals surface area contributed by atoms with Gasteiger partial charge < -0.3 is 10.1 Å². The van der Waals surface area contributed by atoms with E-state index >= 15 is 0 Å². The fourth-order valence-electron chi connectivity index (χ4n) is 2.39. The number of tetrazole rings is 1. The molecule has 0 saturated heterocycles. The highest BCUT2D eigenvalue weighted by Crippen LogP contribution is 2.28. The quantitative estimate of drug-likeness (QED) is 0.751. The Hall–Kier alpha value is -2.47. The summed E-state index contributed by atoms with van der Waals surface area (Å²) in [4.78, 5) is 0. The standard InChI is InChI=1S/C15H17N5O/c1-10(15-17-19-20-18-15)16-9-13-12-6-4-3-5-11(12)7-8-14(13)21-2/h3-8,10,16H,9H2,1-2H3,(H,17,18,19,20). The van der Waals surface area contributed by atoms with E-state index < -0.39 is 0 Å². The summed E-state index contributed by atoms with van der Waals surface area (Å²) >= 11 is 0. The van der Waals surface area contributed by atoms with Crippen molar-refractivity contribution in [2.45, 2.75) is 19.5 Å². The van der Waals surface area contributed by atoms with Gasteiger partial charge in [-0.2, -0.15) is 5.21 Å². The Morgan fingerprint density at radius 3 is 2.86 bits per heavy atom. The molecule has 0 amide bonds. The highest BCUT2D eigenvalue weighted by atomic mass is 16.5. The molecule has 0 aliphatic carbocycles. The van der Waals surface area contributed by atoms with Gasteiger partial charge in [0.05, 0.1) is 13.2 Å². The summed E-state index contributed by atoms with van der Waals surface area (Å²) in [5, 5.41) is 19.8. The van der Waals surface area contributed by atoms with Crippen molar-refractivity contribution >= 4 is 10.8 Å². The fourth-order valence-corrected chi connectivity index (χ4v) is 2.39. The van der Waals surface area contributed by atoms with Crippen molar-refractivity contribution in [1.29, 1.82) is 0 Å². The van der Waals surface area contributed by atoms with Gasteiger partial charge in [0.15, 0.2) is 5.82 Å². The van der Waals surface area contributed by atoms with Crippen molar-refractivity contribution in [3.8, 4) is 5.75 Å². The summed E-state index contributed by atoms with van der Waals surface area (Å²) in [5.74, 6) is 1.52. The Morgan fingerprint density at radius 1 is 1.24 bits per heavy atom. The van der Waals surface area contributed by atoms with Gasteiger partial charge in [-0.25, -0.2) is 0 Å². The van der Waals surface area contributed by atoms with Gasteiger partial charge in [0.25, 0.3) is 0 Å². The van der Waals surface area contributed by atoms with Crippen molar-refractivity contribution in [3.63, 3.8) is 0 Å². The fraction of sp³-hybridized carbons (Fsp3) is 0.267. The number of nitrogens with one attached hydrogen (secondary N) is 2. The third-order valence-electron chi connectivity index (χ3n) is 3.55. The summed E-state index contributed by atoms with van der Waals surface area (Å²) in [5.41, 5.74) is 1.13. The summed E-state index contributed by atoms with van der Waals surface area (Å²) in [6.45, 7) is 2.67. The predicted octanol–water partition coefficient (Wildman–Crippen LogP) is 2.21. The molecule has 108 valence electrons. The maximum atomic E-state index is 5.49. The van der Waals surface area contributed by atoms with E-state index in [4.69, 9.17) is 4.74 Å². The molecule has 1 atom stereocenters. The third-order valence-corrected chi connectivity index (χ3v) is 3.55. The van der Waals surface area contributed by atoms with Gasteiger partial charge in [0.2, 0.25) is 0 Å². The van der Waals surface area contributed by atoms with Gasteiger partial charge in [-0.3, -0.25) is 0 Å². The zero-order valence-electron chi connectivity index (χ0n) is 12.0. The van der Waals surface area contributed by atoms with Crippen LogP contribution in [0.2, 0.25) is 0 Å². The molecule has 6 heteroatoms. The molecule has 21 heavy (non-hydrogen) atoms. The van der Waals surface area contributed by atoms with Crippen LogP contribution in [0.25, 0.3) is 10.8 Å². The van der Waals surface area contributed by atoms with E-state index in [9.17, 15) is 0 Å². The average molecular weight is 283 g/mol. The van der Waals surface area contributed by atoms with Crippen LogP contribution in [0.15, 0.2) is 36.4 Å². The Labute approximate surface area is 122 Å². The number of hydrogen-bond donors (Lipinski definition) is 2. The molecule has 1 heterocycles. The number of aromatic amines is 1. The number of H-pyrrole nitrogens is 1. The van der Waals surface area contributed by atoms with Crippen molar-refractivity contribution < 1.29 is 4.74 Å². The van der Waals surface area contributed by atoms with Crippen molar-refractivity contribution in [3.05, 3.63) is 47.8 Å². The number of methoxy groups -OCH3 is 1. The second-order valence-electron chi connectivity index (χ2n) is 4.84. The number of benzene rings is 2. The molecule has 1 aromatic heterocycles. The predicted molar refractivity (Wildman–Crippen MR) is 79.9 cm³/mol. The molecule has 0 radical (unpaired) electrons. The topological polar surface area (TPSA) is 75.7 Å². The Morgan fingerprint density at radius 2 is 2.10 bits per heavy atom. The van der Waals surface area contributed by atoms with Crippen molar-refractivity contribution in [1.82, 2.24) is 25.9 Å². The average Bonchev–Trinajstić information content (AvgIpc) is 3.06. The van der Waals surface area contributed by atoms with Crippen LogP contribution in [0.1, 0.15) is 24.4 Å². The Balaban J connectivity index is 1.88. The third kappa shape index (κ3) is 2.71. The maximum Gasteiger partial charge on any atom is 0.191 e. The summed E-state index contributed by atoms with van der Waals surface area (Å²) in [6, 6.07) is 12.3. The van der Waals surface area contributed by atoms with Crippen LogP contribution in [0.3, 0.4) is 0 Å². The molecule has 0 aliphatic heterocycles. The first kappa shape index (κ1) is 13.5. The molecule has 3 rings (SSSR count). The van der Waals surface area contributed by atoms with E-state index in [1.165, 1.54) is 10.8 Å². The van der Waals surface area contributed by atoms with Crippen LogP contribution in [0.4, 0.5) is 0 Å². The molecule has 0 bridgehead atoms. The zero-order chi connectivity index (χ0) is 14.7. The first-order chi connectivity index (χ1) is 10.3. The molecule has 3 aromatic rings. The molecule has 0 fully saturated rings. The first-order valence-corrected chi connectivity index (χ1v) is 6.81. The number of fused-ring (bicyclic) bond motifs is 1. The summed E-state index contributed by atoms with van der Waals surface area (Å²) in [7, 11) is 1.69. The molecular weight excluding hydrogens is 266 g/mol. The van der Waals surface area contributed by atoms with E-state index in [-0.39, 0.29) is 6.04 Å². The minimum absolute atomic E-state index is 0.00687. The molecule has 0 saturated carbocycles. The van der Waals surface area contributed by atoms with E-state index in [1.54, 1.807) is 7.11 Å². The molecule has 1 unspecified atom stereocenters. The van der Waals surface area contributed by atoms with Gasteiger partial charge in [-0.1, -0.05) is 35.5 Å². The zero-order valence-corrected chi connectivity index (χ0v) is 12.0. The lowest BCUT2D eigenvalue weighted by molar-refractivity contribution is 0.406. The number of ether oxygens (including phenoxy) is 1. The summed E-state index contributed by atoms with van der Waals surface area (Å²) in [6.07, 6.45) is 0. The molecule has 2 aromatic carbocycles. The van der Waals surface area contributed by atoms with E-state index in [1.807, 2.05) is 25.1 Å². The van der Waals surface area contributed by atoms with Crippen LogP contribution in [-0.4, -0.2) is 27.7 Å². The second kappa shape index (κ2) is 5.88. The molecule has 0 aliphatic rings. The van der Waals surface area contributed by atoms with E-state index in [2.05, 4.69) is 44.1 Å². The van der Waals surface area contributed by atoms with Crippen LogP contribution >= 0.6 is 0 Å². The second-order valence-corrected chi connectivity index (χ2v) is 4.84. The van der Waals surface area contributed by atoms with Crippen molar-refractivity contribution in [2.24, 2.45) is 0 Å². The smallest absolute Gasteiger partial charge is 0.191 e. The number of nitrogens with zero attached hydrogens (tertiary/aromatic N) is 3. The van der Waals surface area contributed by atoms with Gasteiger partial charge in [-0.05, 0) is 23.8 Å². The molecule has 2 N–H and O–H groups in total. The largest absolute Gasteiger partial charge is 0.496 e.